The summed E-state index contributed by atoms with van der Waals surface area (Å²) in [5.74, 6) is -2.15. The highest BCUT2D eigenvalue weighted by atomic mass is 32.2. The van der Waals surface area contributed by atoms with Crippen molar-refractivity contribution >= 4 is 34.6 Å². The van der Waals surface area contributed by atoms with Crippen LogP contribution >= 0.6 is 11.8 Å². The second-order valence-electron chi connectivity index (χ2n) is 4.96. The summed E-state index contributed by atoms with van der Waals surface area (Å²) in [6, 6.07) is 5.57. The Labute approximate surface area is 145 Å². The summed E-state index contributed by atoms with van der Waals surface area (Å²) in [6.45, 7) is 2.27. The Morgan fingerprint density at radius 2 is 1.92 bits per heavy atom. The van der Waals surface area contributed by atoms with Crippen molar-refractivity contribution in [1.29, 1.82) is 0 Å². The van der Waals surface area contributed by atoms with Crippen LogP contribution in [-0.4, -0.2) is 34.2 Å². The van der Waals surface area contributed by atoms with E-state index < -0.39 is 23.9 Å². The van der Waals surface area contributed by atoms with Crippen LogP contribution in [0.5, 0.6) is 0 Å². The van der Waals surface area contributed by atoms with E-state index in [-0.39, 0.29) is 16.3 Å². The first-order valence-corrected chi connectivity index (χ1v) is 8.34. The van der Waals surface area contributed by atoms with Crippen LogP contribution in [0.15, 0.2) is 29.3 Å². The first-order valence-electron chi connectivity index (χ1n) is 7.35. The number of hydrogen-bond donors (Lipinski definition) is 2. The summed E-state index contributed by atoms with van der Waals surface area (Å²) in [4.78, 5) is 30.2. The molecule has 0 aliphatic rings. The number of benzene rings is 1. The largest absolute Gasteiger partial charge is 0.451 e. The molecule has 0 spiro atoms. The third kappa shape index (κ3) is 5.31. The number of rotatable bonds is 5. The van der Waals surface area contributed by atoms with E-state index in [1.54, 1.807) is 18.2 Å². The molecular weight excluding hydrogens is 357 g/mol. The van der Waals surface area contributed by atoms with Gasteiger partial charge in [0.15, 0.2) is 0 Å². The molecule has 0 aliphatic carbocycles. The molecule has 3 amide bonds. The molecule has 0 bridgehead atoms. The van der Waals surface area contributed by atoms with Crippen LogP contribution in [-0.2, 0) is 11.0 Å². The van der Waals surface area contributed by atoms with Crippen molar-refractivity contribution in [3.05, 3.63) is 30.1 Å². The highest BCUT2D eigenvalue weighted by Crippen LogP contribution is 2.31. The van der Waals surface area contributed by atoms with Crippen molar-refractivity contribution < 1.29 is 22.8 Å². The van der Waals surface area contributed by atoms with Crippen LogP contribution in [0.1, 0.15) is 19.2 Å². The van der Waals surface area contributed by atoms with Crippen molar-refractivity contribution in [2.24, 2.45) is 0 Å². The SMILES string of the molecule is CCCNC(=O)NC(=O)CSc1nc(C(F)(F)F)nc2ccccc12. The van der Waals surface area contributed by atoms with Crippen LogP contribution in [0.2, 0.25) is 0 Å². The molecule has 0 unspecified atom stereocenters. The zero-order valence-corrected chi connectivity index (χ0v) is 14.0. The first-order chi connectivity index (χ1) is 11.8. The Morgan fingerprint density at radius 3 is 2.60 bits per heavy atom. The van der Waals surface area contributed by atoms with Gasteiger partial charge in [-0.15, -0.1) is 0 Å². The predicted octanol–water partition coefficient (Wildman–Crippen LogP) is 2.98. The number of thioether (sulfide) groups is 1. The van der Waals surface area contributed by atoms with Gasteiger partial charge in [0.1, 0.15) is 5.03 Å². The number of para-hydroxylation sites is 1. The van der Waals surface area contributed by atoms with E-state index in [0.29, 0.717) is 18.4 Å². The van der Waals surface area contributed by atoms with Crippen LogP contribution in [0.4, 0.5) is 18.0 Å². The number of nitrogens with zero attached hydrogens (tertiary/aromatic N) is 2. The van der Waals surface area contributed by atoms with E-state index >= 15 is 0 Å². The van der Waals surface area contributed by atoms with Crippen LogP contribution in [0, 0.1) is 0 Å². The van der Waals surface area contributed by atoms with Crippen molar-refractivity contribution in [1.82, 2.24) is 20.6 Å². The lowest BCUT2D eigenvalue weighted by atomic mass is 10.2. The van der Waals surface area contributed by atoms with Gasteiger partial charge >= 0.3 is 12.2 Å². The Kier molecular flexibility index (Phi) is 6.18. The fourth-order valence-corrected chi connectivity index (χ4v) is 2.68. The van der Waals surface area contributed by atoms with Crippen LogP contribution < -0.4 is 10.6 Å². The van der Waals surface area contributed by atoms with Gasteiger partial charge in [-0.1, -0.05) is 36.9 Å². The summed E-state index contributed by atoms with van der Waals surface area (Å²) in [6.07, 6.45) is -3.98. The van der Waals surface area contributed by atoms with Gasteiger partial charge in [0.2, 0.25) is 11.7 Å². The van der Waals surface area contributed by atoms with Crippen LogP contribution in [0.3, 0.4) is 0 Å². The minimum Gasteiger partial charge on any atom is -0.338 e. The molecule has 25 heavy (non-hydrogen) atoms. The van der Waals surface area contributed by atoms with E-state index in [9.17, 15) is 22.8 Å². The molecule has 0 saturated carbocycles. The number of fused-ring (bicyclic) bond motifs is 1. The molecule has 0 aliphatic heterocycles. The van der Waals surface area contributed by atoms with E-state index in [2.05, 4.69) is 20.6 Å². The Bertz CT molecular complexity index is 783. The minimum atomic E-state index is -4.69. The fourth-order valence-electron chi connectivity index (χ4n) is 1.86. The minimum absolute atomic E-state index is 0.0297. The number of nitrogens with one attached hydrogen (secondary N) is 2. The van der Waals surface area contributed by atoms with Crippen LogP contribution in [0.25, 0.3) is 10.9 Å². The van der Waals surface area contributed by atoms with Gasteiger partial charge in [-0.3, -0.25) is 10.1 Å². The van der Waals surface area contributed by atoms with E-state index in [1.165, 1.54) is 6.07 Å². The van der Waals surface area contributed by atoms with E-state index in [4.69, 9.17) is 0 Å². The number of aromatic nitrogens is 2. The molecule has 0 radical (unpaired) electrons. The lowest BCUT2D eigenvalue weighted by molar-refractivity contribution is -0.145. The molecule has 2 aromatic rings. The molecule has 1 heterocycles. The molecule has 2 N–H and O–H groups in total. The van der Waals surface area contributed by atoms with Gasteiger partial charge < -0.3 is 5.32 Å². The molecule has 2 rings (SSSR count). The van der Waals surface area contributed by atoms with E-state index in [1.807, 2.05) is 6.92 Å². The second-order valence-corrected chi connectivity index (χ2v) is 5.92. The molecular formula is C15H15F3N4O2S. The highest BCUT2D eigenvalue weighted by Gasteiger charge is 2.35. The summed E-state index contributed by atoms with van der Waals surface area (Å²) < 4.78 is 38.8. The standard InChI is InChI=1S/C15H15F3N4O2S/c1-2-7-19-14(24)21-11(23)8-25-12-9-5-3-4-6-10(9)20-13(22-12)15(16,17)18/h3-6H,2,7-8H2,1H3,(H2,19,21,23,24). The third-order valence-electron chi connectivity index (χ3n) is 2.95. The fraction of sp³-hybridized carbons (Fsp3) is 0.333. The molecule has 10 heteroatoms. The number of hydrogen-bond acceptors (Lipinski definition) is 5. The number of halogens is 3. The Balaban J connectivity index is 2.14. The van der Waals surface area contributed by atoms with Crippen molar-refractivity contribution in [3.63, 3.8) is 0 Å². The molecule has 1 aromatic carbocycles. The van der Waals surface area contributed by atoms with Crippen molar-refractivity contribution in [2.75, 3.05) is 12.3 Å². The maximum Gasteiger partial charge on any atom is 0.451 e. The normalized spacial score (nSPS) is 11.4. The molecule has 6 nitrogen and oxygen atoms in total. The summed E-state index contributed by atoms with van der Waals surface area (Å²) in [7, 11) is 0. The zero-order valence-electron chi connectivity index (χ0n) is 13.2. The summed E-state index contributed by atoms with van der Waals surface area (Å²) >= 11 is 0.811. The van der Waals surface area contributed by atoms with Gasteiger partial charge in [-0.2, -0.15) is 13.2 Å². The third-order valence-corrected chi connectivity index (χ3v) is 3.94. The van der Waals surface area contributed by atoms with E-state index in [0.717, 1.165) is 11.8 Å². The number of imide groups is 1. The van der Waals surface area contributed by atoms with Gasteiger partial charge in [-0.05, 0) is 12.5 Å². The number of carbonyl (C=O) groups excluding carboxylic acids is 2. The maximum absolute atomic E-state index is 12.9. The molecule has 0 fully saturated rings. The summed E-state index contributed by atoms with van der Waals surface area (Å²) in [5.41, 5.74) is 0.133. The molecule has 0 saturated heterocycles. The van der Waals surface area contributed by atoms with Gasteiger partial charge in [0.05, 0.1) is 11.3 Å². The van der Waals surface area contributed by atoms with Gasteiger partial charge in [-0.25, -0.2) is 14.8 Å². The average molecular weight is 372 g/mol. The number of carbonyl (C=O) groups is 2. The first kappa shape index (κ1) is 19.0. The monoisotopic (exact) mass is 372 g/mol. The topological polar surface area (TPSA) is 84.0 Å². The van der Waals surface area contributed by atoms with Crippen molar-refractivity contribution in [2.45, 2.75) is 24.5 Å². The molecule has 0 atom stereocenters. The maximum atomic E-state index is 12.9. The number of alkyl halides is 3. The second kappa shape index (κ2) is 8.15. The summed E-state index contributed by atoms with van der Waals surface area (Å²) in [5, 5.41) is 5.00. The average Bonchev–Trinajstić information content (AvgIpc) is 2.56. The quantitative estimate of drug-likeness (QED) is 0.623. The lowest BCUT2D eigenvalue weighted by Crippen LogP contribution is -2.40. The zero-order chi connectivity index (χ0) is 18.4. The lowest BCUT2D eigenvalue weighted by Gasteiger charge is -2.10. The predicted molar refractivity (Wildman–Crippen MR) is 87.1 cm³/mol. The molecule has 1 aromatic heterocycles. The highest BCUT2D eigenvalue weighted by molar-refractivity contribution is 8.00. The number of urea groups is 1. The Morgan fingerprint density at radius 1 is 1.20 bits per heavy atom. The van der Waals surface area contributed by atoms with Gasteiger partial charge in [0, 0.05) is 11.9 Å². The number of amides is 3. The Hall–Kier alpha value is -2.36. The smallest absolute Gasteiger partial charge is 0.338 e. The van der Waals surface area contributed by atoms with Crippen molar-refractivity contribution in [3.8, 4) is 0 Å². The molecule has 134 valence electrons. The van der Waals surface area contributed by atoms with Gasteiger partial charge in [0.25, 0.3) is 0 Å².